The van der Waals surface area contributed by atoms with Gasteiger partial charge < -0.3 is 5.11 Å². The van der Waals surface area contributed by atoms with Gasteiger partial charge in [-0.1, -0.05) is 27.2 Å². The topological polar surface area (TPSA) is 20.2 Å². The van der Waals surface area contributed by atoms with Crippen LogP contribution in [0, 0.1) is 17.8 Å². The van der Waals surface area contributed by atoms with Crippen molar-refractivity contribution in [1.82, 2.24) is 0 Å². The fraction of sp³-hybridized carbons (Fsp3) is 1.00. The lowest BCUT2D eigenvalue weighted by Crippen LogP contribution is -2.19. The maximum absolute atomic E-state index is 9.84. The van der Waals surface area contributed by atoms with Gasteiger partial charge in [0.15, 0.2) is 0 Å². The van der Waals surface area contributed by atoms with Gasteiger partial charge in [-0.25, -0.2) is 0 Å². The van der Waals surface area contributed by atoms with Gasteiger partial charge in [0.1, 0.15) is 0 Å². The van der Waals surface area contributed by atoms with E-state index in [1.54, 1.807) is 0 Å². The van der Waals surface area contributed by atoms with Crippen molar-refractivity contribution in [2.24, 2.45) is 17.8 Å². The van der Waals surface area contributed by atoms with Crippen LogP contribution in [0.1, 0.15) is 46.5 Å². The number of aliphatic hydroxyl groups is 1. The third-order valence-corrected chi connectivity index (χ3v) is 2.99. The Balaban J connectivity index is 2.28. The lowest BCUT2D eigenvalue weighted by Gasteiger charge is -2.19. The molecule has 72 valence electrons. The Morgan fingerprint density at radius 3 is 2.42 bits per heavy atom. The van der Waals surface area contributed by atoms with Crippen LogP contribution in [0.3, 0.4) is 0 Å². The highest BCUT2D eigenvalue weighted by molar-refractivity contribution is 4.78. The lowest BCUT2D eigenvalue weighted by molar-refractivity contribution is 0.0876. The first kappa shape index (κ1) is 10.0. The van der Waals surface area contributed by atoms with Gasteiger partial charge in [-0.15, -0.1) is 0 Å². The summed E-state index contributed by atoms with van der Waals surface area (Å²) in [6, 6.07) is 0. The molecule has 0 aliphatic heterocycles. The van der Waals surface area contributed by atoms with Gasteiger partial charge in [0.25, 0.3) is 0 Å². The van der Waals surface area contributed by atoms with Crippen molar-refractivity contribution in [2.45, 2.75) is 52.6 Å². The maximum atomic E-state index is 9.84. The van der Waals surface area contributed by atoms with E-state index < -0.39 is 0 Å². The van der Waals surface area contributed by atoms with Gasteiger partial charge in [-0.2, -0.15) is 0 Å². The molecule has 12 heavy (non-hydrogen) atoms. The minimum atomic E-state index is -0.0325. The summed E-state index contributed by atoms with van der Waals surface area (Å²) in [6.07, 6.45) is 4.76. The van der Waals surface area contributed by atoms with Crippen LogP contribution in [0.15, 0.2) is 0 Å². The second-order valence-electron chi connectivity index (χ2n) is 4.88. The van der Waals surface area contributed by atoms with E-state index in [-0.39, 0.29) is 6.10 Å². The van der Waals surface area contributed by atoms with Crippen molar-refractivity contribution in [1.29, 1.82) is 0 Å². The molecule has 1 fully saturated rings. The van der Waals surface area contributed by atoms with Crippen molar-refractivity contribution in [3.63, 3.8) is 0 Å². The van der Waals surface area contributed by atoms with E-state index in [4.69, 9.17) is 0 Å². The van der Waals surface area contributed by atoms with Gasteiger partial charge >= 0.3 is 0 Å². The predicted molar refractivity (Wildman–Crippen MR) is 52.0 cm³/mol. The first-order chi connectivity index (χ1) is 5.59. The molecule has 1 aliphatic rings. The molecule has 0 heterocycles. The van der Waals surface area contributed by atoms with E-state index in [1.807, 2.05) is 0 Å². The average Bonchev–Trinajstić information content (AvgIpc) is 2.34. The summed E-state index contributed by atoms with van der Waals surface area (Å²) < 4.78 is 0. The van der Waals surface area contributed by atoms with Crippen LogP contribution < -0.4 is 0 Å². The second-order valence-corrected chi connectivity index (χ2v) is 4.88. The Morgan fingerprint density at radius 2 is 2.00 bits per heavy atom. The third-order valence-electron chi connectivity index (χ3n) is 2.99. The third kappa shape index (κ3) is 2.78. The summed E-state index contributed by atoms with van der Waals surface area (Å²) in [5, 5.41) is 9.84. The van der Waals surface area contributed by atoms with Gasteiger partial charge in [0, 0.05) is 0 Å². The molecule has 0 radical (unpaired) electrons. The van der Waals surface area contributed by atoms with Gasteiger partial charge in [0.05, 0.1) is 6.10 Å². The highest BCUT2D eigenvalue weighted by Crippen LogP contribution is 2.34. The predicted octanol–water partition coefficient (Wildman–Crippen LogP) is 2.83. The highest BCUT2D eigenvalue weighted by Gasteiger charge is 2.27. The first-order valence-electron chi connectivity index (χ1n) is 5.27. The van der Waals surface area contributed by atoms with Crippen LogP contribution in [0.5, 0.6) is 0 Å². The van der Waals surface area contributed by atoms with E-state index >= 15 is 0 Å². The molecule has 3 atom stereocenters. The molecule has 0 amide bonds. The number of aliphatic hydroxyl groups excluding tert-OH is 1. The number of rotatable bonds is 3. The summed E-state index contributed by atoms with van der Waals surface area (Å²) in [5.41, 5.74) is 0. The highest BCUT2D eigenvalue weighted by atomic mass is 16.3. The molecule has 0 aromatic rings. The summed E-state index contributed by atoms with van der Waals surface area (Å²) >= 11 is 0. The van der Waals surface area contributed by atoms with Gasteiger partial charge in [-0.3, -0.25) is 0 Å². The zero-order valence-electron chi connectivity index (χ0n) is 8.59. The summed E-state index contributed by atoms with van der Waals surface area (Å²) in [4.78, 5) is 0. The zero-order chi connectivity index (χ0) is 9.14. The molecular formula is C11H22O. The summed E-state index contributed by atoms with van der Waals surface area (Å²) in [5.74, 6) is 2.08. The van der Waals surface area contributed by atoms with Crippen molar-refractivity contribution in [3.05, 3.63) is 0 Å². The van der Waals surface area contributed by atoms with Crippen LogP contribution in [0.4, 0.5) is 0 Å². The van der Waals surface area contributed by atoms with Crippen LogP contribution in [-0.4, -0.2) is 11.2 Å². The SMILES string of the molecule is CC(C)CC(O)C1CCC(C)C1. The molecule has 1 nitrogen and oxygen atoms in total. The van der Waals surface area contributed by atoms with Crippen LogP contribution in [0.2, 0.25) is 0 Å². The first-order valence-corrected chi connectivity index (χ1v) is 5.27. The molecule has 3 unspecified atom stereocenters. The molecule has 0 saturated heterocycles. The molecule has 1 saturated carbocycles. The van der Waals surface area contributed by atoms with Crippen molar-refractivity contribution < 1.29 is 5.11 Å². The van der Waals surface area contributed by atoms with E-state index in [2.05, 4.69) is 20.8 Å². The van der Waals surface area contributed by atoms with E-state index in [1.165, 1.54) is 19.3 Å². The Hall–Kier alpha value is -0.0400. The molecule has 0 aromatic heterocycles. The zero-order valence-corrected chi connectivity index (χ0v) is 8.59. The smallest absolute Gasteiger partial charge is 0.0570 e. The number of hydrogen-bond acceptors (Lipinski definition) is 1. The molecule has 0 bridgehead atoms. The molecule has 1 heteroatoms. The van der Waals surface area contributed by atoms with Crippen LogP contribution in [-0.2, 0) is 0 Å². The quantitative estimate of drug-likeness (QED) is 0.690. The monoisotopic (exact) mass is 170 g/mol. The molecule has 0 aromatic carbocycles. The van der Waals surface area contributed by atoms with E-state index in [0.29, 0.717) is 11.8 Å². The fourth-order valence-electron chi connectivity index (χ4n) is 2.28. The fourth-order valence-corrected chi connectivity index (χ4v) is 2.28. The van der Waals surface area contributed by atoms with Crippen molar-refractivity contribution in [3.8, 4) is 0 Å². The Labute approximate surface area is 76.2 Å². The van der Waals surface area contributed by atoms with Crippen molar-refractivity contribution in [2.75, 3.05) is 0 Å². The molecule has 1 rings (SSSR count). The van der Waals surface area contributed by atoms with Crippen molar-refractivity contribution >= 4 is 0 Å². The van der Waals surface area contributed by atoms with E-state index in [0.717, 1.165) is 12.3 Å². The Kier molecular flexibility index (Phi) is 3.57. The molecule has 1 N–H and O–H groups in total. The Morgan fingerprint density at radius 1 is 1.33 bits per heavy atom. The number of hydrogen-bond donors (Lipinski definition) is 1. The van der Waals surface area contributed by atoms with Crippen LogP contribution >= 0.6 is 0 Å². The Bertz CT molecular complexity index is 131. The van der Waals surface area contributed by atoms with Gasteiger partial charge in [-0.05, 0) is 37.0 Å². The molecule has 0 spiro atoms. The maximum Gasteiger partial charge on any atom is 0.0570 e. The minimum absolute atomic E-state index is 0.0325. The standard InChI is InChI=1S/C11H22O/c1-8(2)6-11(12)10-5-4-9(3)7-10/h8-12H,4-7H2,1-3H3. The largest absolute Gasteiger partial charge is 0.393 e. The van der Waals surface area contributed by atoms with E-state index in [9.17, 15) is 5.11 Å². The summed E-state index contributed by atoms with van der Waals surface area (Å²) in [7, 11) is 0. The second kappa shape index (κ2) is 4.27. The van der Waals surface area contributed by atoms with Crippen LogP contribution in [0.25, 0.3) is 0 Å². The normalized spacial score (nSPS) is 32.8. The lowest BCUT2D eigenvalue weighted by atomic mass is 9.93. The molecular weight excluding hydrogens is 148 g/mol. The average molecular weight is 170 g/mol. The summed E-state index contributed by atoms with van der Waals surface area (Å²) in [6.45, 7) is 6.66. The van der Waals surface area contributed by atoms with Gasteiger partial charge in [0.2, 0.25) is 0 Å². The minimum Gasteiger partial charge on any atom is -0.393 e. The molecule has 1 aliphatic carbocycles.